The van der Waals surface area contributed by atoms with Gasteiger partial charge in [0.1, 0.15) is 5.82 Å². The number of sulfone groups is 1. The van der Waals surface area contributed by atoms with Crippen molar-refractivity contribution in [3.63, 3.8) is 0 Å². The maximum Gasteiger partial charge on any atom is 0.175 e. The molecule has 0 amide bonds. The van der Waals surface area contributed by atoms with Crippen molar-refractivity contribution in [2.75, 3.05) is 19.3 Å². The van der Waals surface area contributed by atoms with Crippen LogP contribution in [-0.4, -0.2) is 47.3 Å². The lowest BCUT2D eigenvalue weighted by atomic mass is 10.1. The average molecular weight is 453 g/mol. The summed E-state index contributed by atoms with van der Waals surface area (Å²) in [6.07, 6.45) is 2.87. The zero-order chi connectivity index (χ0) is 22.9. The van der Waals surface area contributed by atoms with Crippen molar-refractivity contribution in [1.29, 1.82) is 0 Å². The van der Waals surface area contributed by atoms with Crippen molar-refractivity contribution in [1.82, 2.24) is 19.5 Å². The van der Waals surface area contributed by atoms with Gasteiger partial charge in [0.25, 0.3) is 0 Å². The molecule has 0 N–H and O–H groups in total. The zero-order valence-electron chi connectivity index (χ0n) is 18.3. The lowest BCUT2D eigenvalue weighted by molar-refractivity contribution is 0.291. The quantitative estimate of drug-likeness (QED) is 0.415. The number of hydrogen-bond donors (Lipinski definition) is 0. The highest BCUT2D eigenvalue weighted by molar-refractivity contribution is 7.90. The van der Waals surface area contributed by atoms with E-state index in [0.29, 0.717) is 29.0 Å². The molecule has 0 aliphatic rings. The largest absolute Gasteiger partial charge is 0.300 e. The van der Waals surface area contributed by atoms with Gasteiger partial charge in [0.05, 0.1) is 22.5 Å². The van der Waals surface area contributed by atoms with Gasteiger partial charge in [0.15, 0.2) is 15.5 Å². The molecule has 0 saturated heterocycles. The summed E-state index contributed by atoms with van der Waals surface area (Å²) in [6, 6.07) is 15.5. The van der Waals surface area contributed by atoms with Crippen molar-refractivity contribution in [3.8, 4) is 22.5 Å². The number of hydrogen-bond acceptors (Lipinski definition) is 5. The fourth-order valence-electron chi connectivity index (χ4n) is 3.62. The summed E-state index contributed by atoms with van der Waals surface area (Å²) in [5.74, 6) is -0.251. The minimum absolute atomic E-state index is 0.251. The summed E-state index contributed by atoms with van der Waals surface area (Å²) < 4.78 is 39.9. The predicted octanol–water partition coefficient (Wildman–Crippen LogP) is 4.45. The molecule has 8 heteroatoms. The summed E-state index contributed by atoms with van der Waals surface area (Å²) in [5.41, 5.74) is 4.12. The first-order valence-electron chi connectivity index (χ1n) is 10.5. The highest BCUT2D eigenvalue weighted by Gasteiger charge is 2.13. The average Bonchev–Trinajstić information content (AvgIpc) is 3.21. The Morgan fingerprint density at radius 1 is 0.969 bits per heavy atom. The molecule has 166 valence electrons. The van der Waals surface area contributed by atoms with E-state index in [1.807, 2.05) is 24.3 Å². The number of nitrogens with zero attached hydrogens (tertiary/aromatic N) is 4. The molecule has 0 saturated carbocycles. The van der Waals surface area contributed by atoms with Gasteiger partial charge < -0.3 is 0 Å². The molecule has 2 aromatic carbocycles. The molecule has 4 aromatic rings. The standard InChI is InChI=1S/C24H25FN4O2S/c1-4-28(5-2)16-19-7-6-18(14-21(19)25)22-12-13-24-26-15-23(29(24)27-22)17-8-10-20(11-9-17)32(3,30)31/h6-15H,4-5,16H2,1-3H3. The summed E-state index contributed by atoms with van der Waals surface area (Å²) in [4.78, 5) is 6.80. The second-order valence-corrected chi connectivity index (χ2v) is 9.71. The SMILES string of the molecule is CCN(CC)Cc1ccc(-c2ccc3ncc(-c4ccc(S(C)(=O)=O)cc4)n3n2)cc1F. The van der Waals surface area contributed by atoms with Crippen LogP contribution in [-0.2, 0) is 16.4 Å². The topological polar surface area (TPSA) is 67.6 Å². The Bertz CT molecular complexity index is 1360. The Morgan fingerprint density at radius 2 is 1.66 bits per heavy atom. The molecule has 32 heavy (non-hydrogen) atoms. The van der Waals surface area contributed by atoms with Crippen molar-refractivity contribution >= 4 is 15.5 Å². The van der Waals surface area contributed by atoms with Gasteiger partial charge in [0.2, 0.25) is 0 Å². The zero-order valence-corrected chi connectivity index (χ0v) is 19.1. The van der Waals surface area contributed by atoms with Gasteiger partial charge in [-0.05, 0) is 43.4 Å². The highest BCUT2D eigenvalue weighted by Crippen LogP contribution is 2.25. The normalized spacial score (nSPS) is 12.0. The Hall–Kier alpha value is -3.10. The summed E-state index contributed by atoms with van der Waals surface area (Å²) in [7, 11) is -3.27. The third-order valence-corrected chi connectivity index (χ3v) is 6.71. The third kappa shape index (κ3) is 4.42. The van der Waals surface area contributed by atoms with Crippen LogP contribution in [0.1, 0.15) is 19.4 Å². The van der Waals surface area contributed by atoms with E-state index in [2.05, 4.69) is 28.8 Å². The first-order chi connectivity index (χ1) is 15.3. The maximum atomic E-state index is 14.8. The molecule has 0 bridgehead atoms. The molecule has 0 radical (unpaired) electrons. The predicted molar refractivity (Wildman–Crippen MR) is 124 cm³/mol. The van der Waals surface area contributed by atoms with E-state index in [1.165, 1.54) is 12.3 Å². The van der Waals surface area contributed by atoms with E-state index < -0.39 is 9.84 Å². The molecule has 0 fully saturated rings. The van der Waals surface area contributed by atoms with Crippen molar-refractivity contribution in [2.45, 2.75) is 25.3 Å². The van der Waals surface area contributed by atoms with E-state index in [4.69, 9.17) is 0 Å². The van der Waals surface area contributed by atoms with Crippen LogP contribution in [0.4, 0.5) is 4.39 Å². The van der Waals surface area contributed by atoms with E-state index in [0.717, 1.165) is 24.3 Å². The van der Waals surface area contributed by atoms with E-state index in [-0.39, 0.29) is 10.7 Å². The number of benzene rings is 2. The van der Waals surface area contributed by atoms with Gasteiger partial charge in [-0.2, -0.15) is 5.10 Å². The molecule has 2 aromatic heterocycles. The van der Waals surface area contributed by atoms with E-state index in [9.17, 15) is 12.8 Å². The molecule has 2 heterocycles. The monoisotopic (exact) mass is 452 g/mol. The minimum Gasteiger partial charge on any atom is -0.300 e. The summed E-state index contributed by atoms with van der Waals surface area (Å²) in [6.45, 7) is 6.42. The lowest BCUT2D eigenvalue weighted by Crippen LogP contribution is -2.22. The number of imidazole rings is 1. The van der Waals surface area contributed by atoms with E-state index in [1.54, 1.807) is 35.0 Å². The number of halogens is 1. The van der Waals surface area contributed by atoms with Crippen LogP contribution in [0.5, 0.6) is 0 Å². The van der Waals surface area contributed by atoms with Gasteiger partial charge in [-0.1, -0.05) is 38.1 Å². The maximum absolute atomic E-state index is 14.8. The third-order valence-electron chi connectivity index (χ3n) is 5.58. The Labute approximate surface area is 187 Å². The Balaban J connectivity index is 1.69. The van der Waals surface area contributed by atoms with Gasteiger partial charge in [-0.3, -0.25) is 4.90 Å². The lowest BCUT2D eigenvalue weighted by Gasteiger charge is -2.18. The Morgan fingerprint density at radius 3 is 2.28 bits per heavy atom. The molecule has 4 rings (SSSR count). The van der Waals surface area contributed by atoms with Gasteiger partial charge in [-0.15, -0.1) is 0 Å². The fourth-order valence-corrected chi connectivity index (χ4v) is 4.25. The van der Waals surface area contributed by atoms with Crippen LogP contribution in [0.15, 0.2) is 65.7 Å². The van der Waals surface area contributed by atoms with E-state index >= 15 is 0 Å². The second kappa shape index (κ2) is 8.80. The molecule has 0 aliphatic carbocycles. The number of rotatable bonds is 7. The molecule has 0 aliphatic heterocycles. The smallest absolute Gasteiger partial charge is 0.175 e. The van der Waals surface area contributed by atoms with Crippen LogP contribution >= 0.6 is 0 Å². The summed E-state index contributed by atoms with van der Waals surface area (Å²) >= 11 is 0. The molecule has 0 atom stereocenters. The molecule has 0 unspecified atom stereocenters. The number of aromatic nitrogens is 3. The first kappa shape index (κ1) is 22.1. The summed E-state index contributed by atoms with van der Waals surface area (Å²) in [5, 5.41) is 4.68. The molecular weight excluding hydrogens is 427 g/mol. The van der Waals surface area contributed by atoms with Crippen molar-refractivity contribution in [3.05, 3.63) is 72.2 Å². The van der Waals surface area contributed by atoms with Crippen molar-refractivity contribution < 1.29 is 12.8 Å². The van der Waals surface area contributed by atoms with Gasteiger partial charge in [0, 0.05) is 29.5 Å². The van der Waals surface area contributed by atoms with Gasteiger partial charge >= 0.3 is 0 Å². The Kier molecular flexibility index (Phi) is 6.08. The van der Waals surface area contributed by atoms with Crippen LogP contribution < -0.4 is 0 Å². The fraction of sp³-hybridized carbons (Fsp3) is 0.250. The molecule has 0 spiro atoms. The minimum atomic E-state index is -3.27. The van der Waals surface area contributed by atoms with Crippen LogP contribution in [0.3, 0.4) is 0 Å². The first-order valence-corrected chi connectivity index (χ1v) is 12.4. The number of fused-ring (bicyclic) bond motifs is 1. The van der Waals surface area contributed by atoms with Crippen LogP contribution in [0, 0.1) is 5.82 Å². The van der Waals surface area contributed by atoms with Crippen LogP contribution in [0.25, 0.3) is 28.2 Å². The van der Waals surface area contributed by atoms with Crippen LogP contribution in [0.2, 0.25) is 0 Å². The van der Waals surface area contributed by atoms with Gasteiger partial charge in [-0.25, -0.2) is 22.3 Å². The van der Waals surface area contributed by atoms with Crippen molar-refractivity contribution in [2.24, 2.45) is 0 Å². The highest BCUT2D eigenvalue weighted by atomic mass is 32.2. The second-order valence-electron chi connectivity index (χ2n) is 7.70. The molecular formula is C24H25FN4O2S. The molecule has 6 nitrogen and oxygen atoms in total.